The molecule has 35 heavy (non-hydrogen) atoms. The monoisotopic (exact) mass is 473 g/mol. The Labute approximate surface area is 205 Å². The number of likely N-dealkylation sites (tertiary alicyclic amines) is 1. The Kier molecular flexibility index (Phi) is 7.23. The molecule has 182 valence electrons. The molecule has 3 aromatic rings. The Balaban J connectivity index is 1.23. The van der Waals surface area contributed by atoms with Crippen molar-refractivity contribution in [2.75, 3.05) is 46.0 Å². The maximum atomic E-state index is 13.4. The highest BCUT2D eigenvalue weighted by molar-refractivity contribution is 5.94. The SMILES string of the molecule is O=C1CCCN1CCOc1cccc(C(=O)N2CCOC[C@H](Cc3cccc4ccncc34)C2)c1. The number of carbonyl (C=O) groups is 2. The molecule has 5 rings (SSSR count). The predicted octanol–water partition coefficient (Wildman–Crippen LogP) is 3.57. The molecule has 0 radical (unpaired) electrons. The number of hydrogen-bond acceptors (Lipinski definition) is 5. The fourth-order valence-electron chi connectivity index (χ4n) is 4.97. The predicted molar refractivity (Wildman–Crippen MR) is 133 cm³/mol. The minimum absolute atomic E-state index is 0.0137. The van der Waals surface area contributed by atoms with Crippen molar-refractivity contribution in [3.63, 3.8) is 0 Å². The van der Waals surface area contributed by atoms with Crippen LogP contribution in [0.2, 0.25) is 0 Å². The van der Waals surface area contributed by atoms with E-state index in [1.54, 1.807) is 6.07 Å². The number of rotatable bonds is 7. The summed E-state index contributed by atoms with van der Waals surface area (Å²) in [5.74, 6) is 1.02. The fraction of sp³-hybridized carbons (Fsp3) is 0.393. The van der Waals surface area contributed by atoms with Crippen LogP contribution in [0.1, 0.15) is 28.8 Å². The van der Waals surface area contributed by atoms with Gasteiger partial charge in [-0.05, 0) is 48.1 Å². The van der Waals surface area contributed by atoms with Gasteiger partial charge in [0.15, 0.2) is 0 Å². The van der Waals surface area contributed by atoms with E-state index in [1.165, 1.54) is 10.9 Å². The van der Waals surface area contributed by atoms with Gasteiger partial charge in [0, 0.05) is 55.3 Å². The van der Waals surface area contributed by atoms with Gasteiger partial charge in [0.1, 0.15) is 12.4 Å². The third-order valence-corrected chi connectivity index (χ3v) is 6.79. The van der Waals surface area contributed by atoms with Crippen LogP contribution in [0.25, 0.3) is 10.8 Å². The van der Waals surface area contributed by atoms with E-state index in [1.807, 2.05) is 46.5 Å². The number of amides is 2. The second kappa shape index (κ2) is 10.9. The molecule has 2 amide bonds. The maximum Gasteiger partial charge on any atom is 0.254 e. The molecule has 1 aromatic heterocycles. The summed E-state index contributed by atoms with van der Waals surface area (Å²) in [6.45, 7) is 4.15. The van der Waals surface area contributed by atoms with Crippen molar-refractivity contribution in [2.24, 2.45) is 5.92 Å². The van der Waals surface area contributed by atoms with Crippen LogP contribution in [-0.2, 0) is 16.0 Å². The molecule has 0 unspecified atom stereocenters. The van der Waals surface area contributed by atoms with E-state index in [0.717, 1.165) is 24.8 Å². The molecule has 2 aliphatic rings. The van der Waals surface area contributed by atoms with E-state index >= 15 is 0 Å². The number of pyridine rings is 1. The smallest absolute Gasteiger partial charge is 0.254 e. The quantitative estimate of drug-likeness (QED) is 0.525. The minimum atomic E-state index is -0.0137. The topological polar surface area (TPSA) is 72.0 Å². The summed E-state index contributed by atoms with van der Waals surface area (Å²) in [6.07, 6.45) is 6.09. The van der Waals surface area contributed by atoms with Crippen molar-refractivity contribution in [3.05, 3.63) is 72.1 Å². The third kappa shape index (κ3) is 5.62. The molecule has 0 bridgehead atoms. The van der Waals surface area contributed by atoms with E-state index < -0.39 is 0 Å². The third-order valence-electron chi connectivity index (χ3n) is 6.79. The van der Waals surface area contributed by atoms with E-state index in [9.17, 15) is 9.59 Å². The standard InChI is InChI=1S/C28H31N3O4/c32-27-8-3-11-30(27)13-15-35-25-7-2-6-24(17-25)28(33)31-12-14-34-20-21(19-31)16-23-5-1-4-22-9-10-29-18-26(22)23/h1-2,4-7,9-10,17-18,21H,3,8,11-16,19-20H2/t21-/m1/s1. The Morgan fingerprint density at radius 3 is 2.94 bits per heavy atom. The zero-order valence-corrected chi connectivity index (χ0v) is 19.9. The molecule has 0 spiro atoms. The molecule has 2 aliphatic heterocycles. The molecule has 2 fully saturated rings. The summed E-state index contributed by atoms with van der Waals surface area (Å²) in [6, 6.07) is 15.7. The first-order valence-electron chi connectivity index (χ1n) is 12.4. The van der Waals surface area contributed by atoms with Gasteiger partial charge in [0.2, 0.25) is 5.91 Å². The summed E-state index contributed by atoms with van der Waals surface area (Å²) in [5.41, 5.74) is 1.83. The fourth-order valence-corrected chi connectivity index (χ4v) is 4.97. The van der Waals surface area contributed by atoms with E-state index in [-0.39, 0.29) is 17.7 Å². The molecule has 7 nitrogen and oxygen atoms in total. The molecule has 2 saturated heterocycles. The molecule has 0 N–H and O–H groups in total. The average molecular weight is 474 g/mol. The van der Waals surface area contributed by atoms with Gasteiger partial charge in [-0.2, -0.15) is 0 Å². The first kappa shape index (κ1) is 23.3. The van der Waals surface area contributed by atoms with E-state index in [0.29, 0.717) is 57.2 Å². The van der Waals surface area contributed by atoms with Gasteiger partial charge in [-0.1, -0.05) is 24.3 Å². The lowest BCUT2D eigenvalue weighted by Crippen LogP contribution is -2.36. The second-order valence-corrected chi connectivity index (χ2v) is 9.27. The van der Waals surface area contributed by atoms with Crippen LogP contribution >= 0.6 is 0 Å². The van der Waals surface area contributed by atoms with Crippen LogP contribution in [0.3, 0.4) is 0 Å². The van der Waals surface area contributed by atoms with Crippen LogP contribution in [0.5, 0.6) is 5.75 Å². The van der Waals surface area contributed by atoms with Crippen LogP contribution in [-0.4, -0.2) is 72.6 Å². The molecule has 1 atom stereocenters. The summed E-state index contributed by atoms with van der Waals surface area (Å²) in [5, 5.41) is 2.32. The van der Waals surface area contributed by atoms with Crippen LogP contribution in [0, 0.1) is 5.92 Å². The Morgan fingerprint density at radius 2 is 2.06 bits per heavy atom. The number of benzene rings is 2. The molecule has 2 aromatic carbocycles. The average Bonchev–Trinajstić information content (AvgIpc) is 3.15. The van der Waals surface area contributed by atoms with Crippen molar-refractivity contribution < 1.29 is 19.1 Å². The zero-order chi connectivity index (χ0) is 24.0. The second-order valence-electron chi connectivity index (χ2n) is 9.27. The highest BCUT2D eigenvalue weighted by atomic mass is 16.5. The zero-order valence-electron chi connectivity index (χ0n) is 19.9. The first-order valence-corrected chi connectivity index (χ1v) is 12.4. The molecular weight excluding hydrogens is 442 g/mol. The number of fused-ring (bicyclic) bond motifs is 1. The van der Waals surface area contributed by atoms with Crippen molar-refractivity contribution in [2.45, 2.75) is 19.3 Å². The Hall–Kier alpha value is -3.45. The summed E-state index contributed by atoms with van der Waals surface area (Å²) in [4.78, 5) is 33.2. The first-order chi connectivity index (χ1) is 17.2. The minimum Gasteiger partial charge on any atom is -0.492 e. The maximum absolute atomic E-state index is 13.4. The highest BCUT2D eigenvalue weighted by Gasteiger charge is 2.25. The molecule has 7 heteroatoms. The van der Waals surface area contributed by atoms with Crippen LogP contribution in [0.4, 0.5) is 0 Å². The van der Waals surface area contributed by atoms with Gasteiger partial charge >= 0.3 is 0 Å². The normalized spacial score (nSPS) is 18.6. The van der Waals surface area contributed by atoms with E-state index in [2.05, 4.69) is 23.2 Å². The lowest BCUT2D eigenvalue weighted by atomic mass is 9.95. The van der Waals surface area contributed by atoms with Gasteiger partial charge in [-0.15, -0.1) is 0 Å². The highest BCUT2D eigenvalue weighted by Crippen LogP contribution is 2.23. The number of nitrogens with zero attached hydrogens (tertiary/aromatic N) is 3. The number of carbonyl (C=O) groups excluding carboxylic acids is 2. The van der Waals surface area contributed by atoms with Gasteiger partial charge in [0.25, 0.3) is 5.91 Å². The number of hydrogen-bond donors (Lipinski definition) is 0. The lowest BCUT2D eigenvalue weighted by Gasteiger charge is -2.24. The molecule has 3 heterocycles. The van der Waals surface area contributed by atoms with Crippen molar-refractivity contribution in [3.8, 4) is 5.75 Å². The Bertz CT molecular complexity index is 1190. The summed E-state index contributed by atoms with van der Waals surface area (Å²) >= 11 is 0. The van der Waals surface area contributed by atoms with Gasteiger partial charge in [-0.3, -0.25) is 14.6 Å². The van der Waals surface area contributed by atoms with Crippen LogP contribution < -0.4 is 4.74 Å². The summed E-state index contributed by atoms with van der Waals surface area (Å²) in [7, 11) is 0. The number of ether oxygens (including phenoxy) is 2. The van der Waals surface area contributed by atoms with Gasteiger partial charge in [0.05, 0.1) is 19.8 Å². The lowest BCUT2D eigenvalue weighted by molar-refractivity contribution is -0.128. The summed E-state index contributed by atoms with van der Waals surface area (Å²) < 4.78 is 11.7. The van der Waals surface area contributed by atoms with E-state index in [4.69, 9.17) is 9.47 Å². The van der Waals surface area contributed by atoms with Crippen molar-refractivity contribution >= 4 is 22.6 Å². The Morgan fingerprint density at radius 1 is 1.14 bits per heavy atom. The van der Waals surface area contributed by atoms with Gasteiger partial charge in [-0.25, -0.2) is 0 Å². The molecule has 0 saturated carbocycles. The largest absolute Gasteiger partial charge is 0.492 e. The van der Waals surface area contributed by atoms with Crippen molar-refractivity contribution in [1.82, 2.24) is 14.8 Å². The van der Waals surface area contributed by atoms with Gasteiger partial charge < -0.3 is 19.3 Å². The van der Waals surface area contributed by atoms with Crippen LogP contribution in [0.15, 0.2) is 60.9 Å². The molecular formula is C28H31N3O4. The number of aromatic nitrogens is 1. The van der Waals surface area contributed by atoms with Crippen molar-refractivity contribution in [1.29, 1.82) is 0 Å². The molecule has 0 aliphatic carbocycles.